The van der Waals surface area contributed by atoms with E-state index < -0.39 is 5.97 Å². The molecule has 0 aliphatic heterocycles. The molecule has 1 heterocycles. The number of rotatable bonds is 6. The molecule has 0 aliphatic carbocycles. The predicted octanol–water partition coefficient (Wildman–Crippen LogP) is 4.79. The fourth-order valence-electron chi connectivity index (χ4n) is 3.14. The zero-order chi connectivity index (χ0) is 18.7. The first kappa shape index (κ1) is 17.8. The number of aliphatic carboxylic acids is 1. The van der Waals surface area contributed by atoms with Crippen LogP contribution in [0.5, 0.6) is 5.75 Å². The first-order valence-electron chi connectivity index (χ1n) is 8.64. The molecule has 3 aromatic rings. The van der Waals surface area contributed by atoms with Crippen molar-refractivity contribution in [1.29, 1.82) is 0 Å². The Kier molecular flexibility index (Phi) is 5.12. The molecule has 3 rings (SSSR count). The second-order valence-corrected chi connectivity index (χ2v) is 6.46. The Morgan fingerprint density at radius 1 is 1.04 bits per heavy atom. The van der Waals surface area contributed by atoms with Crippen LogP contribution in [0.25, 0.3) is 16.9 Å². The van der Waals surface area contributed by atoms with E-state index in [2.05, 4.69) is 42.7 Å². The lowest BCUT2D eigenvalue weighted by Gasteiger charge is -2.17. The largest absolute Gasteiger partial charge is 0.497 e. The lowest BCUT2D eigenvalue weighted by molar-refractivity contribution is -0.136. The van der Waals surface area contributed by atoms with Gasteiger partial charge in [0.15, 0.2) is 0 Å². The summed E-state index contributed by atoms with van der Waals surface area (Å²) in [4.78, 5) is 11.1. The zero-order valence-corrected chi connectivity index (χ0v) is 15.3. The molecule has 0 amide bonds. The number of nitrogens with zero attached hydrogens (tertiary/aromatic N) is 1. The van der Waals surface area contributed by atoms with Crippen molar-refractivity contribution in [3.63, 3.8) is 0 Å². The normalized spacial score (nSPS) is 10.7. The van der Waals surface area contributed by atoms with Gasteiger partial charge in [-0.2, -0.15) is 0 Å². The Hall–Kier alpha value is -3.01. The maximum absolute atomic E-state index is 11.1. The van der Waals surface area contributed by atoms with Crippen LogP contribution in [-0.4, -0.2) is 22.8 Å². The van der Waals surface area contributed by atoms with Crippen molar-refractivity contribution in [3.8, 4) is 22.7 Å². The molecule has 0 unspecified atom stereocenters. The summed E-state index contributed by atoms with van der Waals surface area (Å²) in [6.45, 7) is 4.14. The topological polar surface area (TPSA) is 51.5 Å². The highest BCUT2D eigenvalue weighted by Gasteiger charge is 2.15. The molecule has 0 saturated heterocycles. The Morgan fingerprint density at radius 3 is 2.42 bits per heavy atom. The maximum Gasteiger partial charge on any atom is 0.303 e. The predicted molar refractivity (Wildman–Crippen MR) is 103 cm³/mol. The molecule has 1 N–H and O–H groups in total. The maximum atomic E-state index is 11.1. The first-order chi connectivity index (χ1) is 12.5. The van der Waals surface area contributed by atoms with Gasteiger partial charge in [-0.15, -0.1) is 0 Å². The number of carboxylic acids is 1. The number of aryl methyl sites for hydroxylation is 3. The van der Waals surface area contributed by atoms with Crippen LogP contribution in [0, 0.1) is 13.8 Å². The van der Waals surface area contributed by atoms with Crippen LogP contribution in [0.2, 0.25) is 0 Å². The lowest BCUT2D eigenvalue weighted by atomic mass is 10.1. The highest BCUT2D eigenvalue weighted by molar-refractivity contribution is 5.68. The van der Waals surface area contributed by atoms with Gasteiger partial charge in [-0.05, 0) is 79.4 Å². The van der Waals surface area contributed by atoms with Gasteiger partial charge in [0.05, 0.1) is 19.2 Å². The van der Waals surface area contributed by atoms with E-state index in [0.29, 0.717) is 6.42 Å². The van der Waals surface area contributed by atoms with Gasteiger partial charge in [0.2, 0.25) is 0 Å². The fraction of sp³-hybridized carbons (Fsp3) is 0.227. The summed E-state index contributed by atoms with van der Waals surface area (Å²) in [5.41, 5.74) is 6.51. The monoisotopic (exact) mass is 349 g/mol. The van der Waals surface area contributed by atoms with E-state index >= 15 is 0 Å². The van der Waals surface area contributed by atoms with Gasteiger partial charge in [0, 0.05) is 11.4 Å². The van der Waals surface area contributed by atoms with Gasteiger partial charge < -0.3 is 14.4 Å². The number of carbonyl (C=O) groups is 1. The van der Waals surface area contributed by atoms with Crippen LogP contribution in [0.4, 0.5) is 0 Å². The van der Waals surface area contributed by atoms with Crippen molar-refractivity contribution in [2.24, 2.45) is 0 Å². The third-order valence-corrected chi connectivity index (χ3v) is 4.55. The van der Waals surface area contributed by atoms with E-state index in [9.17, 15) is 4.79 Å². The van der Waals surface area contributed by atoms with E-state index in [1.807, 2.05) is 30.3 Å². The van der Waals surface area contributed by atoms with Crippen molar-refractivity contribution < 1.29 is 14.6 Å². The highest BCUT2D eigenvalue weighted by atomic mass is 16.5. The molecule has 4 heteroatoms. The van der Waals surface area contributed by atoms with Crippen LogP contribution in [0.3, 0.4) is 0 Å². The Balaban J connectivity index is 2.15. The number of ether oxygens (including phenoxy) is 1. The van der Waals surface area contributed by atoms with E-state index in [1.54, 1.807) is 7.11 Å². The van der Waals surface area contributed by atoms with Crippen LogP contribution >= 0.6 is 0 Å². The molecule has 0 spiro atoms. The molecule has 26 heavy (non-hydrogen) atoms. The number of methoxy groups -OCH3 is 1. The van der Waals surface area contributed by atoms with Crippen molar-refractivity contribution in [1.82, 2.24) is 4.57 Å². The molecular formula is C22H23NO3. The summed E-state index contributed by atoms with van der Waals surface area (Å²) >= 11 is 0. The third-order valence-electron chi connectivity index (χ3n) is 4.55. The molecule has 0 saturated carbocycles. The highest BCUT2D eigenvalue weighted by Crippen LogP contribution is 2.30. The molecule has 0 fully saturated rings. The summed E-state index contributed by atoms with van der Waals surface area (Å²) in [6, 6.07) is 18.3. The van der Waals surface area contributed by atoms with Crippen molar-refractivity contribution >= 4 is 5.97 Å². The fourth-order valence-corrected chi connectivity index (χ4v) is 3.14. The minimum absolute atomic E-state index is 0.108. The van der Waals surface area contributed by atoms with E-state index in [4.69, 9.17) is 9.84 Å². The average molecular weight is 349 g/mol. The third kappa shape index (κ3) is 3.64. The van der Waals surface area contributed by atoms with E-state index in [0.717, 1.165) is 34.0 Å². The van der Waals surface area contributed by atoms with E-state index in [-0.39, 0.29) is 6.42 Å². The summed E-state index contributed by atoms with van der Waals surface area (Å²) in [7, 11) is 1.65. The molecule has 2 aromatic carbocycles. The number of hydrogen-bond donors (Lipinski definition) is 1. The second-order valence-electron chi connectivity index (χ2n) is 6.46. The number of carboxylic acid groups (broad SMARTS) is 1. The van der Waals surface area contributed by atoms with Crippen molar-refractivity contribution in [3.05, 3.63) is 71.4 Å². The average Bonchev–Trinajstić information content (AvgIpc) is 3.05. The molecule has 0 aliphatic rings. The zero-order valence-electron chi connectivity index (χ0n) is 15.3. The Labute approximate surface area is 153 Å². The smallest absolute Gasteiger partial charge is 0.303 e. The summed E-state index contributed by atoms with van der Waals surface area (Å²) in [5, 5.41) is 9.09. The molecule has 0 bridgehead atoms. The minimum Gasteiger partial charge on any atom is -0.497 e. The lowest BCUT2D eigenvalue weighted by Crippen LogP contribution is -2.07. The van der Waals surface area contributed by atoms with Crippen molar-refractivity contribution in [2.75, 3.05) is 7.11 Å². The number of hydrogen-bond acceptors (Lipinski definition) is 2. The Morgan fingerprint density at radius 2 is 1.77 bits per heavy atom. The quantitative estimate of drug-likeness (QED) is 0.696. The Bertz CT molecular complexity index is 923. The number of aromatic nitrogens is 1. The van der Waals surface area contributed by atoms with Crippen molar-refractivity contribution in [2.45, 2.75) is 26.7 Å². The van der Waals surface area contributed by atoms with Gasteiger partial charge in [-0.25, -0.2) is 0 Å². The minimum atomic E-state index is -0.787. The molecule has 0 radical (unpaired) electrons. The van der Waals surface area contributed by atoms with Gasteiger partial charge in [-0.3, -0.25) is 4.79 Å². The SMILES string of the molecule is COc1ccc(-c2ccc(CCC(=O)O)n2-c2cc(C)ccc2C)cc1. The standard InChI is InChI=1S/C22H23NO3/c1-15-4-5-16(2)21(14-15)23-18(9-13-22(24)25)8-12-20(23)17-6-10-19(26-3)11-7-17/h4-8,10-12,14H,9,13H2,1-3H3,(H,24,25). The molecule has 1 aromatic heterocycles. The van der Waals surface area contributed by atoms with E-state index in [1.165, 1.54) is 5.56 Å². The number of benzene rings is 2. The summed E-state index contributed by atoms with van der Waals surface area (Å²) < 4.78 is 7.43. The van der Waals surface area contributed by atoms with Crippen LogP contribution in [0.15, 0.2) is 54.6 Å². The van der Waals surface area contributed by atoms with Crippen LogP contribution < -0.4 is 4.74 Å². The van der Waals surface area contributed by atoms with Gasteiger partial charge in [0.1, 0.15) is 5.75 Å². The summed E-state index contributed by atoms with van der Waals surface area (Å²) in [6.07, 6.45) is 0.593. The van der Waals surface area contributed by atoms with Gasteiger partial charge in [-0.1, -0.05) is 12.1 Å². The van der Waals surface area contributed by atoms with Gasteiger partial charge >= 0.3 is 5.97 Å². The first-order valence-corrected chi connectivity index (χ1v) is 8.64. The molecule has 0 atom stereocenters. The molecule has 4 nitrogen and oxygen atoms in total. The second kappa shape index (κ2) is 7.48. The van der Waals surface area contributed by atoms with Crippen LogP contribution in [0.1, 0.15) is 23.2 Å². The van der Waals surface area contributed by atoms with Gasteiger partial charge in [0.25, 0.3) is 0 Å². The summed E-state index contributed by atoms with van der Waals surface area (Å²) in [5.74, 6) is 0.0226. The molecule has 134 valence electrons. The molecular weight excluding hydrogens is 326 g/mol. The van der Waals surface area contributed by atoms with Crippen LogP contribution in [-0.2, 0) is 11.2 Å².